The largest absolute Gasteiger partial charge is 0.376 e. The van der Waals surface area contributed by atoms with Crippen molar-refractivity contribution in [2.45, 2.75) is 18.9 Å². The summed E-state index contributed by atoms with van der Waals surface area (Å²) in [5.41, 5.74) is 0. The quantitative estimate of drug-likeness (QED) is 0.489. The van der Waals surface area contributed by atoms with E-state index in [1.54, 1.807) is 6.08 Å². The van der Waals surface area contributed by atoms with E-state index in [1.807, 2.05) is 0 Å². The van der Waals surface area contributed by atoms with Crippen molar-refractivity contribution in [2.75, 3.05) is 19.8 Å². The van der Waals surface area contributed by atoms with Crippen LogP contribution in [0.15, 0.2) is 12.7 Å². The number of ether oxygens (including phenoxy) is 1. The van der Waals surface area contributed by atoms with Gasteiger partial charge < -0.3 is 9.94 Å². The Balaban J connectivity index is 2.10. The molecule has 1 rings (SSSR count). The van der Waals surface area contributed by atoms with Gasteiger partial charge in [0, 0.05) is 6.54 Å². The Labute approximate surface area is 67.2 Å². The fourth-order valence-electron chi connectivity index (χ4n) is 1.28. The first kappa shape index (κ1) is 8.71. The lowest BCUT2D eigenvalue weighted by molar-refractivity contribution is -0.118. The minimum Gasteiger partial charge on any atom is -0.376 e. The molecule has 0 spiro atoms. The Kier molecular flexibility index (Phi) is 3.56. The molecule has 0 radical (unpaired) electrons. The van der Waals surface area contributed by atoms with Gasteiger partial charge in [0.25, 0.3) is 0 Å². The fourth-order valence-corrected chi connectivity index (χ4v) is 1.28. The van der Waals surface area contributed by atoms with Crippen LogP contribution in [-0.2, 0) is 4.74 Å². The molecule has 0 saturated carbocycles. The summed E-state index contributed by atoms with van der Waals surface area (Å²) in [5.74, 6) is 0. The molecule has 1 atom stereocenters. The maximum absolute atomic E-state index is 9.22. The van der Waals surface area contributed by atoms with E-state index in [0.717, 1.165) is 19.4 Å². The molecule has 64 valence electrons. The van der Waals surface area contributed by atoms with Crippen molar-refractivity contribution >= 4 is 0 Å². The highest BCUT2D eigenvalue weighted by Crippen LogP contribution is 2.14. The van der Waals surface area contributed by atoms with E-state index in [-0.39, 0.29) is 6.04 Å². The average molecular weight is 157 g/mol. The predicted molar refractivity (Wildman–Crippen MR) is 42.5 cm³/mol. The second-order valence-electron chi connectivity index (χ2n) is 2.79. The first-order valence-corrected chi connectivity index (χ1v) is 3.98. The van der Waals surface area contributed by atoms with Crippen LogP contribution in [-0.4, -0.2) is 36.1 Å². The van der Waals surface area contributed by atoms with Gasteiger partial charge in [0.15, 0.2) is 0 Å². The Morgan fingerprint density at radius 2 is 2.55 bits per heavy atom. The van der Waals surface area contributed by atoms with Crippen LogP contribution in [0.25, 0.3) is 0 Å². The molecular formula is C8H15NO2. The van der Waals surface area contributed by atoms with Crippen molar-refractivity contribution in [1.29, 1.82) is 0 Å². The molecule has 1 aliphatic heterocycles. The third-order valence-corrected chi connectivity index (χ3v) is 1.89. The first-order chi connectivity index (χ1) is 5.34. The van der Waals surface area contributed by atoms with Gasteiger partial charge in [-0.15, -0.1) is 6.58 Å². The van der Waals surface area contributed by atoms with Crippen LogP contribution in [0.5, 0.6) is 0 Å². The number of hydroxylamine groups is 2. The number of hydrogen-bond acceptors (Lipinski definition) is 3. The van der Waals surface area contributed by atoms with E-state index in [1.165, 1.54) is 5.06 Å². The number of nitrogens with zero attached hydrogens (tertiary/aromatic N) is 1. The van der Waals surface area contributed by atoms with Gasteiger partial charge in [0.2, 0.25) is 0 Å². The maximum Gasteiger partial charge on any atom is 0.0649 e. The van der Waals surface area contributed by atoms with Crippen LogP contribution in [0.1, 0.15) is 12.8 Å². The summed E-state index contributed by atoms with van der Waals surface area (Å²) in [7, 11) is 0. The van der Waals surface area contributed by atoms with Gasteiger partial charge in [0.1, 0.15) is 0 Å². The van der Waals surface area contributed by atoms with Crippen LogP contribution in [0.3, 0.4) is 0 Å². The summed E-state index contributed by atoms with van der Waals surface area (Å²) in [6.07, 6.45) is 3.82. The molecule has 0 aromatic heterocycles. The van der Waals surface area contributed by atoms with Crippen LogP contribution < -0.4 is 0 Å². The number of hydrogen-bond donors (Lipinski definition) is 1. The molecule has 0 unspecified atom stereocenters. The third kappa shape index (κ3) is 2.61. The standard InChI is InChI=1S/C8H15NO2/c1-2-6-11-7-8-4-3-5-9(8)10/h2,8,10H,1,3-7H2/t8-/m0/s1. The zero-order chi connectivity index (χ0) is 8.10. The Hall–Kier alpha value is -0.380. The fraction of sp³-hybridized carbons (Fsp3) is 0.750. The minimum atomic E-state index is 0.204. The van der Waals surface area contributed by atoms with E-state index in [9.17, 15) is 5.21 Å². The Bertz CT molecular complexity index is 127. The summed E-state index contributed by atoms with van der Waals surface area (Å²) in [6, 6.07) is 0.204. The zero-order valence-corrected chi connectivity index (χ0v) is 6.70. The summed E-state index contributed by atoms with van der Waals surface area (Å²) in [6.45, 7) is 5.51. The molecule has 0 bridgehead atoms. The van der Waals surface area contributed by atoms with Gasteiger partial charge in [0.05, 0.1) is 19.3 Å². The zero-order valence-electron chi connectivity index (χ0n) is 6.70. The van der Waals surface area contributed by atoms with E-state index in [0.29, 0.717) is 13.2 Å². The number of rotatable bonds is 4. The summed E-state index contributed by atoms with van der Waals surface area (Å²) < 4.78 is 5.22. The van der Waals surface area contributed by atoms with Crippen LogP contribution in [0.2, 0.25) is 0 Å². The highest BCUT2D eigenvalue weighted by Gasteiger charge is 2.22. The third-order valence-electron chi connectivity index (χ3n) is 1.89. The second-order valence-corrected chi connectivity index (χ2v) is 2.79. The predicted octanol–water partition coefficient (Wildman–Crippen LogP) is 1.04. The van der Waals surface area contributed by atoms with Gasteiger partial charge in [-0.05, 0) is 12.8 Å². The van der Waals surface area contributed by atoms with E-state index >= 15 is 0 Å². The first-order valence-electron chi connectivity index (χ1n) is 3.98. The average Bonchev–Trinajstić information content (AvgIpc) is 2.37. The lowest BCUT2D eigenvalue weighted by Crippen LogP contribution is -2.29. The molecule has 1 N–H and O–H groups in total. The van der Waals surface area contributed by atoms with E-state index in [2.05, 4.69) is 6.58 Å². The molecular weight excluding hydrogens is 142 g/mol. The lowest BCUT2D eigenvalue weighted by atomic mass is 10.2. The van der Waals surface area contributed by atoms with Crippen LogP contribution >= 0.6 is 0 Å². The van der Waals surface area contributed by atoms with Crippen molar-refractivity contribution < 1.29 is 9.94 Å². The SMILES string of the molecule is C=CCOC[C@@H]1CCCN1O. The van der Waals surface area contributed by atoms with Crippen LogP contribution in [0.4, 0.5) is 0 Å². The van der Waals surface area contributed by atoms with Crippen molar-refractivity contribution in [1.82, 2.24) is 5.06 Å². The molecule has 11 heavy (non-hydrogen) atoms. The molecule has 1 saturated heterocycles. The Morgan fingerprint density at radius 1 is 1.73 bits per heavy atom. The molecule has 0 amide bonds. The van der Waals surface area contributed by atoms with Crippen molar-refractivity contribution in [3.8, 4) is 0 Å². The minimum absolute atomic E-state index is 0.204. The molecule has 1 fully saturated rings. The molecule has 1 aliphatic rings. The van der Waals surface area contributed by atoms with Gasteiger partial charge >= 0.3 is 0 Å². The van der Waals surface area contributed by atoms with Gasteiger partial charge in [-0.2, -0.15) is 5.06 Å². The van der Waals surface area contributed by atoms with E-state index < -0.39 is 0 Å². The van der Waals surface area contributed by atoms with Crippen molar-refractivity contribution in [3.63, 3.8) is 0 Å². The Morgan fingerprint density at radius 3 is 3.09 bits per heavy atom. The second kappa shape index (κ2) is 4.49. The van der Waals surface area contributed by atoms with Gasteiger partial charge in [-0.25, -0.2) is 0 Å². The highest BCUT2D eigenvalue weighted by molar-refractivity contribution is 4.73. The van der Waals surface area contributed by atoms with Gasteiger partial charge in [-0.3, -0.25) is 0 Å². The highest BCUT2D eigenvalue weighted by atomic mass is 16.5. The van der Waals surface area contributed by atoms with Crippen LogP contribution in [0, 0.1) is 0 Å². The molecule has 0 aliphatic carbocycles. The summed E-state index contributed by atoms with van der Waals surface area (Å²) in [4.78, 5) is 0. The van der Waals surface area contributed by atoms with Crippen molar-refractivity contribution in [3.05, 3.63) is 12.7 Å². The maximum atomic E-state index is 9.22. The van der Waals surface area contributed by atoms with Gasteiger partial charge in [-0.1, -0.05) is 6.08 Å². The summed E-state index contributed by atoms with van der Waals surface area (Å²) in [5, 5.41) is 10.6. The smallest absolute Gasteiger partial charge is 0.0649 e. The molecule has 3 nitrogen and oxygen atoms in total. The molecule has 0 aromatic carbocycles. The van der Waals surface area contributed by atoms with Crippen molar-refractivity contribution in [2.24, 2.45) is 0 Å². The lowest BCUT2D eigenvalue weighted by Gasteiger charge is -2.16. The molecule has 0 aromatic rings. The normalized spacial score (nSPS) is 25.7. The molecule has 1 heterocycles. The van der Waals surface area contributed by atoms with E-state index in [4.69, 9.17) is 4.74 Å². The molecule has 3 heteroatoms. The topological polar surface area (TPSA) is 32.7 Å². The monoisotopic (exact) mass is 157 g/mol. The summed E-state index contributed by atoms with van der Waals surface area (Å²) >= 11 is 0.